The molecule has 0 aliphatic carbocycles. The third-order valence-electron chi connectivity index (χ3n) is 1.92. The van der Waals surface area contributed by atoms with Crippen LogP contribution in [0.1, 0.15) is 6.42 Å². The molecule has 1 rings (SSSR count). The van der Waals surface area contributed by atoms with Gasteiger partial charge in [0.1, 0.15) is 6.33 Å². The molecule has 0 saturated carbocycles. The van der Waals surface area contributed by atoms with Gasteiger partial charge in [-0.05, 0) is 6.42 Å². The van der Waals surface area contributed by atoms with E-state index >= 15 is 0 Å². The van der Waals surface area contributed by atoms with E-state index in [2.05, 4.69) is 15.4 Å². The zero-order valence-electron chi connectivity index (χ0n) is 8.80. The number of amides is 1. The van der Waals surface area contributed by atoms with Crippen molar-refractivity contribution in [3.05, 3.63) is 6.33 Å². The van der Waals surface area contributed by atoms with Crippen molar-refractivity contribution in [2.24, 2.45) is 12.8 Å². The second-order valence-electron chi connectivity index (χ2n) is 3.08. The number of carbonyl (C=O) groups is 1. The van der Waals surface area contributed by atoms with Crippen LogP contribution in [0.5, 0.6) is 0 Å². The molecule has 0 aliphatic rings. The van der Waals surface area contributed by atoms with Gasteiger partial charge in [-0.15, -0.1) is 0 Å². The molecule has 7 heteroatoms. The molecular weight excluding hydrogens is 198 g/mol. The van der Waals surface area contributed by atoms with Crippen molar-refractivity contribution in [1.82, 2.24) is 14.8 Å². The highest BCUT2D eigenvalue weighted by atomic mass is 16.5. The Labute approximate surface area is 87.6 Å². The second kappa shape index (κ2) is 5.42. The molecule has 1 amide bonds. The predicted molar refractivity (Wildman–Crippen MR) is 54.1 cm³/mol. The number of hydrogen-bond donors (Lipinski definition) is 2. The van der Waals surface area contributed by atoms with E-state index in [1.54, 1.807) is 14.2 Å². The first-order valence-corrected chi connectivity index (χ1v) is 4.54. The quantitative estimate of drug-likeness (QED) is 0.662. The van der Waals surface area contributed by atoms with Crippen LogP contribution >= 0.6 is 0 Å². The van der Waals surface area contributed by atoms with E-state index in [-0.39, 0.29) is 5.91 Å². The summed E-state index contributed by atoms with van der Waals surface area (Å²) >= 11 is 0. The highest BCUT2D eigenvalue weighted by Crippen LogP contribution is 1.99. The van der Waals surface area contributed by atoms with Gasteiger partial charge in [-0.2, -0.15) is 10.1 Å². The van der Waals surface area contributed by atoms with Crippen molar-refractivity contribution >= 4 is 11.9 Å². The first kappa shape index (κ1) is 11.6. The maximum Gasteiger partial charge on any atom is 0.243 e. The van der Waals surface area contributed by atoms with Crippen LogP contribution in [0.25, 0.3) is 0 Å². The van der Waals surface area contributed by atoms with Crippen molar-refractivity contribution in [2.75, 3.05) is 19.0 Å². The Morgan fingerprint density at radius 2 is 2.53 bits per heavy atom. The summed E-state index contributed by atoms with van der Waals surface area (Å²) in [5, 5.41) is 6.39. The molecule has 1 aromatic heterocycles. The van der Waals surface area contributed by atoms with E-state index in [0.717, 1.165) is 0 Å². The SMILES string of the molecule is COCCC(N)C(=O)Nc1ncnn1C. The summed E-state index contributed by atoms with van der Waals surface area (Å²) in [5.74, 6) is 0.0935. The molecule has 0 saturated heterocycles. The van der Waals surface area contributed by atoms with Gasteiger partial charge >= 0.3 is 0 Å². The number of aromatic nitrogens is 3. The van der Waals surface area contributed by atoms with E-state index in [0.29, 0.717) is 19.0 Å². The molecule has 15 heavy (non-hydrogen) atoms. The normalized spacial score (nSPS) is 12.5. The van der Waals surface area contributed by atoms with Crippen LogP contribution in [0.15, 0.2) is 6.33 Å². The van der Waals surface area contributed by atoms with Gasteiger partial charge in [0.25, 0.3) is 0 Å². The number of hydrogen-bond acceptors (Lipinski definition) is 5. The smallest absolute Gasteiger partial charge is 0.243 e. The zero-order valence-corrected chi connectivity index (χ0v) is 8.80. The highest BCUT2D eigenvalue weighted by molar-refractivity contribution is 5.93. The van der Waals surface area contributed by atoms with E-state index in [9.17, 15) is 4.79 Å². The van der Waals surface area contributed by atoms with Crippen molar-refractivity contribution in [3.63, 3.8) is 0 Å². The second-order valence-corrected chi connectivity index (χ2v) is 3.08. The standard InChI is InChI=1S/C8H15N5O2/c1-13-8(10-5-11-13)12-7(14)6(9)3-4-15-2/h5-6H,3-4,9H2,1-2H3,(H,10,11,12,14). The molecule has 0 aliphatic heterocycles. The van der Waals surface area contributed by atoms with Crippen LogP contribution in [-0.2, 0) is 16.6 Å². The summed E-state index contributed by atoms with van der Waals surface area (Å²) in [4.78, 5) is 15.3. The van der Waals surface area contributed by atoms with Crippen LogP contribution in [0.2, 0.25) is 0 Å². The van der Waals surface area contributed by atoms with Crippen LogP contribution in [-0.4, -0.2) is 40.4 Å². The Morgan fingerprint density at radius 1 is 1.80 bits per heavy atom. The minimum Gasteiger partial charge on any atom is -0.385 e. The van der Waals surface area contributed by atoms with Crippen molar-refractivity contribution < 1.29 is 9.53 Å². The molecule has 1 atom stereocenters. The minimum absolute atomic E-state index is 0.289. The lowest BCUT2D eigenvalue weighted by Crippen LogP contribution is -2.37. The lowest BCUT2D eigenvalue weighted by Gasteiger charge is -2.10. The Hall–Kier alpha value is -1.47. The molecule has 1 heterocycles. The zero-order chi connectivity index (χ0) is 11.3. The molecule has 1 unspecified atom stereocenters. The number of nitrogens with two attached hydrogens (primary N) is 1. The number of anilines is 1. The number of rotatable bonds is 5. The third-order valence-corrected chi connectivity index (χ3v) is 1.92. The summed E-state index contributed by atoms with van der Waals surface area (Å²) < 4.78 is 6.29. The van der Waals surface area contributed by atoms with Crippen molar-refractivity contribution in [2.45, 2.75) is 12.5 Å². The number of nitrogens with one attached hydrogen (secondary N) is 1. The average molecular weight is 213 g/mol. The number of methoxy groups -OCH3 is 1. The van der Waals surface area contributed by atoms with Crippen LogP contribution < -0.4 is 11.1 Å². The molecule has 0 bridgehead atoms. The van der Waals surface area contributed by atoms with Gasteiger partial charge in [0.2, 0.25) is 11.9 Å². The molecule has 0 aromatic carbocycles. The summed E-state index contributed by atoms with van der Waals surface area (Å²) in [5.41, 5.74) is 5.62. The number of carbonyl (C=O) groups excluding carboxylic acids is 1. The van der Waals surface area contributed by atoms with Gasteiger partial charge in [-0.25, -0.2) is 4.68 Å². The number of nitrogens with zero attached hydrogens (tertiary/aromatic N) is 3. The Balaban J connectivity index is 2.45. The average Bonchev–Trinajstić information content (AvgIpc) is 2.61. The van der Waals surface area contributed by atoms with Crippen LogP contribution in [0, 0.1) is 0 Å². The van der Waals surface area contributed by atoms with E-state index in [4.69, 9.17) is 10.5 Å². The Kier molecular flexibility index (Phi) is 4.19. The lowest BCUT2D eigenvalue weighted by atomic mass is 10.2. The fraction of sp³-hybridized carbons (Fsp3) is 0.625. The fourth-order valence-electron chi connectivity index (χ4n) is 0.988. The summed E-state index contributed by atoms with van der Waals surface area (Å²) in [6.07, 6.45) is 1.83. The van der Waals surface area contributed by atoms with Gasteiger partial charge in [0.15, 0.2) is 0 Å². The van der Waals surface area contributed by atoms with Crippen molar-refractivity contribution in [1.29, 1.82) is 0 Å². The van der Waals surface area contributed by atoms with E-state index in [1.807, 2.05) is 0 Å². The van der Waals surface area contributed by atoms with E-state index < -0.39 is 6.04 Å². The summed E-state index contributed by atoms with van der Waals surface area (Å²) in [6, 6.07) is -0.596. The third kappa shape index (κ3) is 3.30. The lowest BCUT2D eigenvalue weighted by molar-refractivity contribution is -0.117. The first-order chi connectivity index (χ1) is 7.15. The Morgan fingerprint density at radius 3 is 3.07 bits per heavy atom. The maximum absolute atomic E-state index is 11.5. The number of ether oxygens (including phenoxy) is 1. The fourth-order valence-corrected chi connectivity index (χ4v) is 0.988. The molecule has 1 aromatic rings. The molecule has 7 nitrogen and oxygen atoms in total. The van der Waals surface area contributed by atoms with Crippen molar-refractivity contribution in [3.8, 4) is 0 Å². The molecule has 0 spiro atoms. The van der Waals surface area contributed by atoms with Gasteiger partial charge in [0.05, 0.1) is 6.04 Å². The summed E-state index contributed by atoms with van der Waals surface area (Å²) in [7, 11) is 3.25. The van der Waals surface area contributed by atoms with Gasteiger partial charge in [0, 0.05) is 20.8 Å². The molecule has 0 radical (unpaired) electrons. The maximum atomic E-state index is 11.5. The molecule has 0 fully saturated rings. The first-order valence-electron chi connectivity index (χ1n) is 4.54. The van der Waals surface area contributed by atoms with Crippen LogP contribution in [0.3, 0.4) is 0 Å². The Bertz CT molecular complexity index is 325. The highest BCUT2D eigenvalue weighted by Gasteiger charge is 2.14. The minimum atomic E-state index is -0.596. The largest absolute Gasteiger partial charge is 0.385 e. The monoisotopic (exact) mass is 213 g/mol. The van der Waals surface area contributed by atoms with Gasteiger partial charge < -0.3 is 10.5 Å². The molecule has 84 valence electrons. The molecular formula is C8H15N5O2. The van der Waals surface area contributed by atoms with Gasteiger partial charge in [-0.1, -0.05) is 0 Å². The van der Waals surface area contributed by atoms with Gasteiger partial charge in [-0.3, -0.25) is 10.1 Å². The summed E-state index contributed by atoms with van der Waals surface area (Å²) in [6.45, 7) is 0.452. The topological polar surface area (TPSA) is 95.1 Å². The molecule has 3 N–H and O–H groups in total. The number of aryl methyl sites for hydroxylation is 1. The van der Waals surface area contributed by atoms with E-state index in [1.165, 1.54) is 11.0 Å². The predicted octanol–water partition coefficient (Wildman–Crippen LogP) is -0.883. The van der Waals surface area contributed by atoms with Crippen LogP contribution in [0.4, 0.5) is 5.95 Å².